The van der Waals surface area contributed by atoms with Gasteiger partial charge in [0.2, 0.25) is 0 Å². The Balaban J connectivity index is 1.74. The summed E-state index contributed by atoms with van der Waals surface area (Å²) in [5.41, 5.74) is 2.17. The predicted octanol–water partition coefficient (Wildman–Crippen LogP) is 4.88. The van der Waals surface area contributed by atoms with E-state index in [2.05, 4.69) is 10.6 Å². The number of carbonyl (C=O) groups is 2. The largest absolute Gasteiger partial charge is 0.478 e. The lowest BCUT2D eigenvalue weighted by Gasteiger charge is -2.19. The molecule has 0 spiro atoms. The van der Waals surface area contributed by atoms with Crippen molar-refractivity contribution in [3.05, 3.63) is 99.4 Å². The fourth-order valence-corrected chi connectivity index (χ4v) is 3.95. The summed E-state index contributed by atoms with van der Waals surface area (Å²) in [5, 5.41) is 16.3. The number of aromatic nitrogens is 1. The highest BCUT2D eigenvalue weighted by atomic mass is 35.5. The second-order valence-corrected chi connectivity index (χ2v) is 7.84. The highest BCUT2D eigenvalue weighted by molar-refractivity contribution is 6.31. The monoisotopic (exact) mass is 461 g/mol. The van der Waals surface area contributed by atoms with Gasteiger partial charge in [-0.05, 0) is 41.3 Å². The van der Waals surface area contributed by atoms with Crippen LogP contribution in [0.1, 0.15) is 16.1 Å². The number of fused-ring (bicyclic) bond motifs is 1. The first-order chi connectivity index (χ1) is 15.9. The smallest absolute Gasteiger partial charge is 0.337 e. The maximum Gasteiger partial charge on any atom is 0.337 e. The number of urea groups is 1. The van der Waals surface area contributed by atoms with Gasteiger partial charge in [-0.1, -0.05) is 54.1 Å². The molecule has 3 N–H and O–H groups in total. The second-order valence-electron chi connectivity index (χ2n) is 7.40. The number of halogens is 1. The van der Waals surface area contributed by atoms with Crippen molar-refractivity contribution in [2.45, 2.75) is 6.54 Å². The van der Waals surface area contributed by atoms with Crippen LogP contribution >= 0.6 is 11.6 Å². The summed E-state index contributed by atoms with van der Waals surface area (Å²) in [7, 11) is 1.65. The Morgan fingerprint density at radius 1 is 0.970 bits per heavy atom. The highest BCUT2D eigenvalue weighted by Gasteiger charge is 2.18. The van der Waals surface area contributed by atoms with Crippen molar-refractivity contribution in [3.8, 4) is 11.1 Å². The molecule has 4 rings (SSSR count). The molecule has 8 heteroatoms. The number of nitrogens with zero attached hydrogens (tertiary/aromatic N) is 1. The number of rotatable bonds is 5. The van der Waals surface area contributed by atoms with Gasteiger partial charge in [0.25, 0.3) is 5.56 Å². The summed E-state index contributed by atoms with van der Waals surface area (Å²) < 4.78 is 1.50. The van der Waals surface area contributed by atoms with E-state index in [-0.39, 0.29) is 23.4 Å². The highest BCUT2D eigenvalue weighted by Crippen LogP contribution is 2.32. The lowest BCUT2D eigenvalue weighted by Crippen LogP contribution is -2.32. The Labute approximate surface area is 194 Å². The molecule has 0 aliphatic rings. The van der Waals surface area contributed by atoms with E-state index in [0.717, 1.165) is 11.1 Å². The Kier molecular flexibility index (Phi) is 6.15. The van der Waals surface area contributed by atoms with Crippen LogP contribution in [0.4, 0.5) is 10.5 Å². The summed E-state index contributed by atoms with van der Waals surface area (Å²) in [6, 6.07) is 20.2. The summed E-state index contributed by atoms with van der Waals surface area (Å²) in [4.78, 5) is 37.0. The Hall–Kier alpha value is -4.10. The van der Waals surface area contributed by atoms with Gasteiger partial charge in [-0.3, -0.25) is 4.79 Å². The Bertz CT molecular complexity index is 1430. The minimum atomic E-state index is -1.15. The van der Waals surface area contributed by atoms with E-state index in [0.29, 0.717) is 21.5 Å². The molecular weight excluding hydrogens is 442 g/mol. The number of amides is 2. The van der Waals surface area contributed by atoms with Crippen molar-refractivity contribution in [3.63, 3.8) is 0 Å². The van der Waals surface area contributed by atoms with Crippen LogP contribution in [0.15, 0.2) is 77.6 Å². The van der Waals surface area contributed by atoms with Crippen LogP contribution in [0.5, 0.6) is 0 Å². The van der Waals surface area contributed by atoms with E-state index in [9.17, 15) is 19.5 Å². The fraction of sp³-hybridized carbons (Fsp3) is 0.0800. The van der Waals surface area contributed by atoms with Gasteiger partial charge >= 0.3 is 12.0 Å². The van der Waals surface area contributed by atoms with Crippen molar-refractivity contribution < 1.29 is 14.7 Å². The van der Waals surface area contributed by atoms with E-state index in [1.165, 1.54) is 16.7 Å². The number of carboxylic acids is 1. The molecule has 2 amide bonds. The molecule has 0 aliphatic heterocycles. The number of aromatic carboxylic acids is 1. The van der Waals surface area contributed by atoms with Crippen molar-refractivity contribution >= 4 is 40.1 Å². The van der Waals surface area contributed by atoms with Crippen LogP contribution in [0, 0.1) is 0 Å². The van der Waals surface area contributed by atoms with E-state index < -0.39 is 12.0 Å². The average molecular weight is 462 g/mol. The number of pyridine rings is 1. The third-order valence-electron chi connectivity index (χ3n) is 5.36. The summed E-state index contributed by atoms with van der Waals surface area (Å²) in [6.45, 7) is 0.0273. The molecule has 0 saturated carbocycles. The van der Waals surface area contributed by atoms with Gasteiger partial charge in [0, 0.05) is 28.7 Å². The van der Waals surface area contributed by atoms with E-state index in [1.54, 1.807) is 37.4 Å². The van der Waals surface area contributed by atoms with Crippen molar-refractivity contribution in [1.29, 1.82) is 0 Å². The lowest BCUT2D eigenvalue weighted by molar-refractivity contribution is 0.0698. The third kappa shape index (κ3) is 4.44. The molecule has 0 saturated heterocycles. The number of benzene rings is 3. The van der Waals surface area contributed by atoms with Crippen LogP contribution in [-0.4, -0.2) is 21.7 Å². The number of carboxylic acid groups (broad SMARTS) is 1. The molecule has 166 valence electrons. The normalized spacial score (nSPS) is 10.7. The third-order valence-corrected chi connectivity index (χ3v) is 5.60. The molecule has 0 atom stereocenters. The maximum atomic E-state index is 13.0. The van der Waals surface area contributed by atoms with E-state index in [1.807, 2.05) is 30.3 Å². The first kappa shape index (κ1) is 22.1. The number of nitrogens with one attached hydrogen (secondary N) is 2. The quantitative estimate of drug-likeness (QED) is 0.394. The molecule has 33 heavy (non-hydrogen) atoms. The molecule has 7 nitrogen and oxygen atoms in total. The van der Waals surface area contributed by atoms with Gasteiger partial charge in [-0.25, -0.2) is 9.59 Å². The van der Waals surface area contributed by atoms with Crippen LogP contribution in [0.3, 0.4) is 0 Å². The SMILES string of the molecule is Cn1c(CNC(=O)Nc2ccccc2C(=O)O)c(-c2ccccc2)c2cc(Cl)ccc2c1=O. The molecular formula is C25H20ClN3O4. The Morgan fingerprint density at radius 3 is 2.39 bits per heavy atom. The molecule has 0 bridgehead atoms. The van der Waals surface area contributed by atoms with Gasteiger partial charge < -0.3 is 20.3 Å². The summed E-state index contributed by atoms with van der Waals surface area (Å²) in [5.74, 6) is -1.15. The van der Waals surface area contributed by atoms with Crippen LogP contribution < -0.4 is 16.2 Å². The molecule has 0 radical (unpaired) electrons. The number of carbonyl (C=O) groups excluding carboxylic acids is 1. The fourth-order valence-electron chi connectivity index (χ4n) is 3.78. The maximum absolute atomic E-state index is 13.0. The Morgan fingerprint density at radius 2 is 1.67 bits per heavy atom. The zero-order chi connectivity index (χ0) is 23.5. The summed E-state index contributed by atoms with van der Waals surface area (Å²) in [6.07, 6.45) is 0. The van der Waals surface area contributed by atoms with Gasteiger partial charge in [0.1, 0.15) is 0 Å². The van der Waals surface area contributed by atoms with Gasteiger partial charge in [0.15, 0.2) is 0 Å². The minimum Gasteiger partial charge on any atom is -0.478 e. The first-order valence-electron chi connectivity index (χ1n) is 10.1. The molecule has 1 aromatic heterocycles. The molecule has 1 heterocycles. The minimum absolute atomic E-state index is 0.0228. The zero-order valence-corrected chi connectivity index (χ0v) is 18.4. The molecule has 0 unspecified atom stereocenters. The predicted molar refractivity (Wildman–Crippen MR) is 129 cm³/mol. The van der Waals surface area contributed by atoms with Crippen LogP contribution in [-0.2, 0) is 13.6 Å². The zero-order valence-electron chi connectivity index (χ0n) is 17.6. The van der Waals surface area contributed by atoms with E-state index >= 15 is 0 Å². The standard InChI is InChI=1S/C25H20ClN3O4/c1-29-21(14-27-25(33)28-20-10-6-5-9-18(20)24(31)32)22(15-7-3-2-4-8-15)19-13-16(26)11-12-17(19)23(29)30/h2-13H,14H2,1H3,(H,31,32)(H2,27,28,33). The molecule has 0 aliphatic carbocycles. The molecule has 4 aromatic rings. The summed E-state index contributed by atoms with van der Waals surface area (Å²) >= 11 is 6.24. The number of hydrogen-bond acceptors (Lipinski definition) is 3. The van der Waals surface area contributed by atoms with Gasteiger partial charge in [-0.2, -0.15) is 0 Å². The van der Waals surface area contributed by atoms with Crippen molar-refractivity contribution in [2.75, 3.05) is 5.32 Å². The first-order valence-corrected chi connectivity index (χ1v) is 10.5. The van der Waals surface area contributed by atoms with Crippen LogP contribution in [0.2, 0.25) is 5.02 Å². The molecule has 0 fully saturated rings. The van der Waals surface area contributed by atoms with Gasteiger partial charge in [0.05, 0.1) is 17.8 Å². The van der Waals surface area contributed by atoms with Crippen LogP contribution in [0.25, 0.3) is 21.9 Å². The van der Waals surface area contributed by atoms with Crippen molar-refractivity contribution in [1.82, 2.24) is 9.88 Å². The number of anilines is 1. The topological polar surface area (TPSA) is 100 Å². The second kappa shape index (κ2) is 9.18. The number of hydrogen-bond donors (Lipinski definition) is 3. The van der Waals surface area contributed by atoms with Gasteiger partial charge in [-0.15, -0.1) is 0 Å². The lowest BCUT2D eigenvalue weighted by atomic mass is 9.96. The van der Waals surface area contributed by atoms with E-state index in [4.69, 9.17) is 11.6 Å². The average Bonchev–Trinajstić information content (AvgIpc) is 2.81. The number of para-hydroxylation sites is 1. The van der Waals surface area contributed by atoms with Crippen molar-refractivity contribution in [2.24, 2.45) is 7.05 Å². The molecule has 3 aromatic carbocycles.